The van der Waals surface area contributed by atoms with Crippen LogP contribution in [0.15, 0.2) is 0 Å². The normalized spacial score (nSPS) is 10.9. The SMILES string of the molecule is Cn1nnc2nc(Cl)nc(Cl)c21. The van der Waals surface area contributed by atoms with Crippen molar-refractivity contribution in [1.82, 2.24) is 25.0 Å². The van der Waals surface area contributed by atoms with Crippen molar-refractivity contribution >= 4 is 34.4 Å². The molecule has 2 rings (SSSR count). The maximum Gasteiger partial charge on any atom is 0.226 e. The van der Waals surface area contributed by atoms with Crippen molar-refractivity contribution in [3.05, 3.63) is 10.4 Å². The smallest absolute Gasteiger partial charge is 0.226 e. The minimum Gasteiger partial charge on any atom is -0.243 e. The van der Waals surface area contributed by atoms with Crippen molar-refractivity contribution in [2.45, 2.75) is 0 Å². The second kappa shape index (κ2) is 2.53. The summed E-state index contributed by atoms with van der Waals surface area (Å²) in [4.78, 5) is 7.59. The number of rotatable bonds is 0. The first-order chi connectivity index (χ1) is 5.68. The Kier molecular flexibility index (Phi) is 1.62. The molecule has 62 valence electrons. The van der Waals surface area contributed by atoms with Crippen molar-refractivity contribution in [2.75, 3.05) is 0 Å². The van der Waals surface area contributed by atoms with Crippen LogP contribution in [0.2, 0.25) is 10.4 Å². The summed E-state index contributed by atoms with van der Waals surface area (Å²) in [5.41, 5.74) is 0.989. The average Bonchev–Trinajstić information content (AvgIpc) is 2.31. The number of aryl methyl sites for hydroxylation is 1. The molecule has 12 heavy (non-hydrogen) atoms. The van der Waals surface area contributed by atoms with Gasteiger partial charge >= 0.3 is 0 Å². The lowest BCUT2D eigenvalue weighted by atomic mass is 10.5. The lowest BCUT2D eigenvalue weighted by Gasteiger charge is -1.93. The zero-order chi connectivity index (χ0) is 8.72. The maximum atomic E-state index is 5.77. The molecule has 0 amide bonds. The summed E-state index contributed by atoms with van der Waals surface area (Å²) in [6, 6.07) is 0. The highest BCUT2D eigenvalue weighted by Gasteiger charge is 2.09. The van der Waals surface area contributed by atoms with Gasteiger partial charge in [0.25, 0.3) is 0 Å². The van der Waals surface area contributed by atoms with E-state index in [4.69, 9.17) is 23.2 Å². The van der Waals surface area contributed by atoms with Crippen LogP contribution in [0.25, 0.3) is 11.2 Å². The fourth-order valence-electron chi connectivity index (χ4n) is 0.894. The molecule has 7 heteroatoms. The zero-order valence-electron chi connectivity index (χ0n) is 5.99. The van der Waals surface area contributed by atoms with Crippen molar-refractivity contribution < 1.29 is 0 Å². The first kappa shape index (κ1) is 7.70. The molecule has 5 nitrogen and oxygen atoms in total. The largest absolute Gasteiger partial charge is 0.243 e. The molecular weight excluding hydrogens is 201 g/mol. The maximum absolute atomic E-state index is 5.77. The molecule has 0 fully saturated rings. The molecule has 0 aromatic carbocycles. The van der Waals surface area contributed by atoms with Gasteiger partial charge in [-0.2, -0.15) is 4.98 Å². The summed E-state index contributed by atoms with van der Waals surface area (Å²) < 4.78 is 1.49. The van der Waals surface area contributed by atoms with Crippen molar-refractivity contribution in [3.63, 3.8) is 0 Å². The van der Waals surface area contributed by atoms with Crippen LogP contribution in [0, 0.1) is 0 Å². The molecular formula is C5H3Cl2N5. The van der Waals surface area contributed by atoms with Gasteiger partial charge in [-0.15, -0.1) is 5.10 Å². The summed E-state index contributed by atoms with van der Waals surface area (Å²) in [7, 11) is 1.71. The van der Waals surface area contributed by atoms with Crippen molar-refractivity contribution in [1.29, 1.82) is 0 Å². The Balaban J connectivity index is 2.93. The van der Waals surface area contributed by atoms with E-state index >= 15 is 0 Å². The predicted molar refractivity (Wildman–Crippen MR) is 44.1 cm³/mol. The Labute approximate surface area is 77.3 Å². The third kappa shape index (κ3) is 1.02. The van der Waals surface area contributed by atoms with E-state index in [0.29, 0.717) is 11.2 Å². The predicted octanol–water partition coefficient (Wildman–Crippen LogP) is 1.07. The van der Waals surface area contributed by atoms with Gasteiger partial charge in [0.1, 0.15) is 5.52 Å². The highest BCUT2D eigenvalue weighted by Crippen LogP contribution is 2.18. The van der Waals surface area contributed by atoms with Crippen molar-refractivity contribution in [3.8, 4) is 0 Å². The van der Waals surface area contributed by atoms with Gasteiger partial charge in [0.15, 0.2) is 5.15 Å². The summed E-state index contributed by atoms with van der Waals surface area (Å²) >= 11 is 11.3. The average molecular weight is 204 g/mol. The first-order valence-corrected chi connectivity index (χ1v) is 3.82. The Morgan fingerprint density at radius 1 is 1.25 bits per heavy atom. The highest BCUT2D eigenvalue weighted by atomic mass is 35.5. The fourth-order valence-corrected chi connectivity index (χ4v) is 1.39. The van der Waals surface area contributed by atoms with E-state index in [1.807, 2.05) is 0 Å². The minimum atomic E-state index is 0.0769. The molecule has 0 saturated carbocycles. The monoisotopic (exact) mass is 203 g/mol. The topological polar surface area (TPSA) is 56.5 Å². The number of nitrogens with zero attached hydrogens (tertiary/aromatic N) is 5. The number of halogens is 2. The van der Waals surface area contributed by atoms with E-state index in [2.05, 4.69) is 20.3 Å². The number of hydrogen-bond donors (Lipinski definition) is 0. The molecule has 0 aliphatic carbocycles. The zero-order valence-corrected chi connectivity index (χ0v) is 7.50. The molecule has 0 atom stereocenters. The van der Waals surface area contributed by atoms with Crippen LogP contribution < -0.4 is 0 Å². The molecule has 0 saturated heterocycles. The molecule has 0 aliphatic heterocycles. The van der Waals surface area contributed by atoms with E-state index in [1.54, 1.807) is 7.05 Å². The number of aromatic nitrogens is 5. The van der Waals surface area contributed by atoms with Gasteiger partial charge in [-0.1, -0.05) is 16.8 Å². The Hall–Kier alpha value is -0.940. The van der Waals surface area contributed by atoms with Gasteiger partial charge in [0, 0.05) is 7.05 Å². The molecule has 0 spiro atoms. The quantitative estimate of drug-likeness (QED) is 0.475. The molecule has 0 bridgehead atoms. The minimum absolute atomic E-state index is 0.0769. The van der Waals surface area contributed by atoms with E-state index in [-0.39, 0.29) is 10.4 Å². The van der Waals surface area contributed by atoms with Gasteiger partial charge in [-0.25, -0.2) is 9.67 Å². The summed E-state index contributed by atoms with van der Waals surface area (Å²) in [5, 5.41) is 7.79. The molecule has 0 aliphatic rings. The molecule has 0 N–H and O–H groups in total. The lowest BCUT2D eigenvalue weighted by Crippen LogP contribution is -1.92. The van der Waals surface area contributed by atoms with E-state index in [0.717, 1.165) is 0 Å². The number of fused-ring (bicyclic) bond motifs is 1. The Bertz CT molecular complexity index is 437. The Morgan fingerprint density at radius 2 is 2.00 bits per heavy atom. The summed E-state index contributed by atoms with van der Waals surface area (Å²) in [6.45, 7) is 0. The van der Waals surface area contributed by atoms with Crippen LogP contribution in [-0.4, -0.2) is 25.0 Å². The second-order valence-electron chi connectivity index (χ2n) is 2.17. The summed E-state index contributed by atoms with van der Waals surface area (Å²) in [5.74, 6) is 0. The van der Waals surface area contributed by atoms with Gasteiger partial charge < -0.3 is 0 Å². The molecule has 0 radical (unpaired) electrons. The van der Waals surface area contributed by atoms with Crippen LogP contribution in [0.5, 0.6) is 0 Å². The van der Waals surface area contributed by atoms with Crippen LogP contribution >= 0.6 is 23.2 Å². The van der Waals surface area contributed by atoms with Gasteiger partial charge in [-0.3, -0.25) is 0 Å². The third-order valence-electron chi connectivity index (χ3n) is 1.39. The van der Waals surface area contributed by atoms with Crippen molar-refractivity contribution in [2.24, 2.45) is 7.05 Å². The van der Waals surface area contributed by atoms with Crippen LogP contribution in [0.3, 0.4) is 0 Å². The van der Waals surface area contributed by atoms with Crippen LogP contribution in [0.1, 0.15) is 0 Å². The highest BCUT2D eigenvalue weighted by molar-refractivity contribution is 6.35. The third-order valence-corrected chi connectivity index (χ3v) is 1.83. The number of hydrogen-bond acceptors (Lipinski definition) is 4. The van der Waals surface area contributed by atoms with Gasteiger partial charge in [0.05, 0.1) is 0 Å². The molecule has 0 unspecified atom stereocenters. The lowest BCUT2D eigenvalue weighted by molar-refractivity contribution is 0.735. The van der Waals surface area contributed by atoms with Gasteiger partial charge in [0.2, 0.25) is 10.9 Å². The fraction of sp³-hybridized carbons (Fsp3) is 0.200. The molecule has 2 aromatic rings. The standard InChI is InChI=1S/C5H3Cl2N5/c1-12-2-3(6)8-5(7)9-4(2)10-11-12/h1H3. The second-order valence-corrected chi connectivity index (χ2v) is 2.86. The van der Waals surface area contributed by atoms with Gasteiger partial charge in [-0.05, 0) is 11.6 Å². The molecule has 2 heterocycles. The first-order valence-electron chi connectivity index (χ1n) is 3.07. The van der Waals surface area contributed by atoms with E-state index in [9.17, 15) is 0 Å². The Morgan fingerprint density at radius 3 is 2.75 bits per heavy atom. The molecule has 2 aromatic heterocycles. The summed E-state index contributed by atoms with van der Waals surface area (Å²) in [6.07, 6.45) is 0. The van der Waals surface area contributed by atoms with E-state index < -0.39 is 0 Å². The van der Waals surface area contributed by atoms with Crippen LogP contribution in [-0.2, 0) is 7.05 Å². The van der Waals surface area contributed by atoms with Crippen LogP contribution in [0.4, 0.5) is 0 Å². The van der Waals surface area contributed by atoms with E-state index in [1.165, 1.54) is 4.68 Å².